The van der Waals surface area contributed by atoms with E-state index in [-0.39, 0.29) is 22.4 Å². The fourth-order valence-corrected chi connectivity index (χ4v) is 9.04. The molecule has 0 atom stereocenters. The van der Waals surface area contributed by atoms with Crippen LogP contribution in [0.25, 0.3) is 0 Å². The normalized spacial score (nSPS) is 11.1. The molecule has 0 unspecified atom stereocenters. The van der Waals surface area contributed by atoms with Crippen molar-refractivity contribution >= 4 is 37.1 Å². The summed E-state index contributed by atoms with van der Waals surface area (Å²) in [6.45, 7) is 2.84. The molecule has 0 aliphatic heterocycles. The Hall–Kier alpha value is -1.47. The summed E-state index contributed by atoms with van der Waals surface area (Å²) in [7, 11) is -6.61. The molecule has 40 heavy (non-hydrogen) atoms. The predicted octanol–water partition coefficient (Wildman–Crippen LogP) is -0.00850. The van der Waals surface area contributed by atoms with Crippen LogP contribution in [0.3, 0.4) is 0 Å². The fourth-order valence-electron chi connectivity index (χ4n) is 4.14. The summed E-state index contributed by atoms with van der Waals surface area (Å²) >= 11 is 0. The van der Waals surface area contributed by atoms with Crippen LogP contribution in [0.1, 0.15) is 0 Å². The van der Waals surface area contributed by atoms with E-state index >= 15 is 0 Å². The van der Waals surface area contributed by atoms with E-state index in [0.717, 1.165) is 25.5 Å². The Morgan fingerprint density at radius 3 is 0.875 bits per heavy atom. The molecule has 0 heterocycles. The molecular formula is C30H34AuClO6P2+2. The van der Waals surface area contributed by atoms with Crippen molar-refractivity contribution in [2.24, 2.45) is 0 Å². The summed E-state index contributed by atoms with van der Waals surface area (Å²) in [6.07, 6.45) is 2.13. The quantitative estimate of drug-likeness (QED) is 0.107. The number of halogens is 1. The molecule has 0 aliphatic carbocycles. The van der Waals surface area contributed by atoms with Gasteiger partial charge < -0.3 is 9.47 Å². The minimum atomic E-state index is -4.94. The van der Waals surface area contributed by atoms with Gasteiger partial charge in [0.2, 0.25) is 0 Å². The van der Waals surface area contributed by atoms with Crippen LogP contribution in [0.5, 0.6) is 0 Å². The number of benzene rings is 4. The third-order valence-electron chi connectivity index (χ3n) is 5.85. The zero-order chi connectivity index (χ0) is 27.8. The first kappa shape index (κ1) is 34.7. The molecule has 10 heteroatoms. The van der Waals surface area contributed by atoms with Gasteiger partial charge in [0.15, 0.2) is 0 Å². The van der Waals surface area contributed by atoms with E-state index in [1.54, 1.807) is 0 Å². The van der Waals surface area contributed by atoms with Gasteiger partial charge in [0, 0.05) is 0 Å². The van der Waals surface area contributed by atoms with Crippen LogP contribution in [0.2, 0.25) is 0 Å². The van der Waals surface area contributed by atoms with Gasteiger partial charge in [-0.1, -0.05) is 72.8 Å². The molecule has 4 aromatic carbocycles. The smallest absolute Gasteiger partial charge is 0.375 e. The second kappa shape index (κ2) is 19.6. The van der Waals surface area contributed by atoms with E-state index in [4.69, 9.17) is 28.1 Å². The third kappa shape index (κ3) is 13.9. The Kier molecular flexibility index (Phi) is 17.0. The van der Waals surface area contributed by atoms with Gasteiger partial charge in [0.25, 0.3) is 0 Å². The van der Waals surface area contributed by atoms with E-state index < -0.39 is 26.1 Å². The van der Waals surface area contributed by atoms with E-state index in [2.05, 4.69) is 121 Å². The minimum absolute atomic E-state index is 0. The van der Waals surface area contributed by atoms with Gasteiger partial charge in [0.05, 0.1) is 75.8 Å². The first-order valence-corrected chi connectivity index (χ1v) is 17.3. The maximum atomic E-state index is 8.49. The Bertz CT molecular complexity index is 998. The Morgan fingerprint density at radius 1 is 0.425 bits per heavy atom. The first-order chi connectivity index (χ1) is 18.9. The van der Waals surface area contributed by atoms with Gasteiger partial charge in [0.1, 0.15) is 0 Å². The van der Waals surface area contributed by atoms with Gasteiger partial charge in [-0.25, -0.2) is 18.6 Å². The van der Waals surface area contributed by atoms with Gasteiger partial charge >= 0.3 is 22.4 Å². The molecule has 0 fully saturated rings. The fraction of sp³-hybridized carbons (Fsp3) is 0.200. The molecule has 0 saturated heterocycles. The molecule has 0 spiro atoms. The van der Waals surface area contributed by atoms with Gasteiger partial charge in [-0.3, -0.25) is 0 Å². The molecule has 0 radical (unpaired) electrons. The number of hydrogen-bond donors (Lipinski definition) is 0. The van der Waals surface area contributed by atoms with Crippen molar-refractivity contribution in [2.45, 2.75) is 0 Å². The summed E-state index contributed by atoms with van der Waals surface area (Å²) in [5.74, 6) is 0. The Labute approximate surface area is 256 Å². The van der Waals surface area contributed by atoms with Crippen molar-refractivity contribution in [3.8, 4) is 0 Å². The summed E-state index contributed by atoms with van der Waals surface area (Å²) in [5.41, 5.74) is 0. The minimum Gasteiger partial charge on any atom is -0.375 e. The molecule has 4 aromatic rings. The molecule has 0 saturated carbocycles. The van der Waals surface area contributed by atoms with Crippen molar-refractivity contribution in [1.29, 1.82) is 0 Å². The van der Waals surface area contributed by atoms with Crippen molar-refractivity contribution in [3.63, 3.8) is 0 Å². The maximum Gasteiger partial charge on any atom is 1.00 e. The van der Waals surface area contributed by atoms with Crippen LogP contribution in [0, 0.1) is 10.2 Å². The Morgan fingerprint density at radius 2 is 0.650 bits per heavy atom. The van der Waals surface area contributed by atoms with Crippen LogP contribution in [0.15, 0.2) is 121 Å². The molecular weight excluding hydrogens is 751 g/mol. The summed E-state index contributed by atoms with van der Waals surface area (Å²) in [4.78, 5) is 0. The number of ether oxygens (including phenoxy) is 2. The molecule has 0 bridgehead atoms. The Balaban J connectivity index is 0.000000858. The summed E-state index contributed by atoms with van der Waals surface area (Å²) in [6, 6.07) is 43.5. The van der Waals surface area contributed by atoms with Crippen LogP contribution >= 0.6 is 15.8 Å². The van der Waals surface area contributed by atoms with Crippen molar-refractivity contribution < 1.29 is 60.7 Å². The van der Waals surface area contributed by atoms with Crippen molar-refractivity contribution in [3.05, 3.63) is 121 Å². The van der Waals surface area contributed by atoms with Gasteiger partial charge in [-0.2, -0.15) is 0 Å². The largest absolute Gasteiger partial charge is 1.00 e. The molecule has 0 N–H and O–H groups in total. The third-order valence-corrected chi connectivity index (χ3v) is 11.4. The first-order valence-electron chi connectivity index (χ1n) is 12.6. The second-order valence-corrected chi connectivity index (χ2v) is 14.5. The number of rotatable bonds is 13. The van der Waals surface area contributed by atoms with E-state index in [0.29, 0.717) is 13.2 Å². The SMILES string of the molecule is [Au+].[O-][Cl+3]([O-])([O-])[O-].c1ccc([PH+](CCOCCOCC[PH+](c2ccccc2)c2ccccc2)c2ccccc2)cc1. The molecule has 0 amide bonds. The monoisotopic (exact) mass is 784 g/mol. The van der Waals surface area contributed by atoms with E-state index in [1.165, 1.54) is 21.2 Å². The summed E-state index contributed by atoms with van der Waals surface area (Å²) < 4.78 is 46.0. The average molecular weight is 785 g/mol. The van der Waals surface area contributed by atoms with E-state index in [1.807, 2.05) is 0 Å². The second-order valence-electron chi connectivity index (χ2n) is 8.52. The van der Waals surface area contributed by atoms with Crippen molar-refractivity contribution in [1.82, 2.24) is 0 Å². The topological polar surface area (TPSA) is 111 Å². The number of hydrogen-bond acceptors (Lipinski definition) is 6. The maximum absolute atomic E-state index is 8.49. The van der Waals surface area contributed by atoms with Crippen LogP contribution in [-0.4, -0.2) is 38.8 Å². The van der Waals surface area contributed by atoms with Gasteiger partial charge in [-0.15, -0.1) is 10.2 Å². The molecule has 6 nitrogen and oxygen atoms in total. The predicted molar refractivity (Wildman–Crippen MR) is 152 cm³/mol. The zero-order valence-corrected chi connectivity index (χ0v) is 26.8. The van der Waals surface area contributed by atoms with Crippen molar-refractivity contribution in [2.75, 3.05) is 38.8 Å². The van der Waals surface area contributed by atoms with Gasteiger partial charge in [-0.05, 0) is 48.5 Å². The molecule has 0 aliphatic rings. The zero-order valence-electron chi connectivity index (χ0n) is 21.9. The molecule has 4 rings (SSSR count). The summed E-state index contributed by atoms with van der Waals surface area (Å²) in [5, 5.41) is 5.76. The average Bonchev–Trinajstić information content (AvgIpc) is 2.95. The molecule has 0 aromatic heterocycles. The standard InChI is InChI=1S/C30H32O2P2.Au.ClHO4/c1-5-13-27(14-6-1)33(28-15-7-2-8-16-28)25-23-31-21-22-32-24-26-34(29-17-9-3-10-18-29)30-19-11-4-12-20-30;;2-1(3,4)5/h1-20H,21-26H2;;(H,2,3,4,5)/q;+1;/p+1. The van der Waals surface area contributed by atoms with Crippen LogP contribution in [0.4, 0.5) is 0 Å². The van der Waals surface area contributed by atoms with E-state index in [9.17, 15) is 0 Å². The molecule has 216 valence electrons. The van der Waals surface area contributed by atoms with Crippen LogP contribution in [-0.2, 0) is 31.9 Å². The van der Waals surface area contributed by atoms with Crippen LogP contribution < -0.4 is 39.9 Å².